The van der Waals surface area contributed by atoms with Crippen molar-refractivity contribution >= 4 is 9.84 Å². The molecule has 0 amide bonds. The summed E-state index contributed by atoms with van der Waals surface area (Å²) in [5.74, 6) is 0.745. The van der Waals surface area contributed by atoms with E-state index in [9.17, 15) is 8.42 Å². The second-order valence-electron chi connectivity index (χ2n) is 2.46. The van der Waals surface area contributed by atoms with Crippen LogP contribution in [0.5, 0.6) is 0 Å². The van der Waals surface area contributed by atoms with Gasteiger partial charge in [-0.05, 0) is 0 Å². The molecule has 0 aromatic rings. The SMILES string of the molecule is O=S1(=O)CC2NC2C1. The lowest BCUT2D eigenvalue weighted by Gasteiger charge is -1.90. The van der Waals surface area contributed by atoms with Crippen molar-refractivity contribution in [2.45, 2.75) is 12.1 Å². The van der Waals surface area contributed by atoms with Crippen molar-refractivity contribution in [3.63, 3.8) is 0 Å². The Bertz CT molecular complexity index is 192. The van der Waals surface area contributed by atoms with Crippen LogP contribution >= 0.6 is 0 Å². The molecule has 2 rings (SSSR count). The fourth-order valence-electron chi connectivity index (χ4n) is 1.16. The summed E-state index contributed by atoms with van der Waals surface area (Å²) in [6.07, 6.45) is 0. The second-order valence-corrected chi connectivity index (χ2v) is 4.61. The number of hydrogen-bond donors (Lipinski definition) is 1. The summed E-state index contributed by atoms with van der Waals surface area (Å²) in [4.78, 5) is 0. The van der Waals surface area contributed by atoms with Crippen molar-refractivity contribution in [2.24, 2.45) is 0 Å². The lowest BCUT2D eigenvalue weighted by Crippen LogP contribution is -2.13. The molecule has 2 aliphatic heterocycles. The van der Waals surface area contributed by atoms with E-state index in [1.807, 2.05) is 0 Å². The van der Waals surface area contributed by atoms with Gasteiger partial charge < -0.3 is 5.32 Å². The van der Waals surface area contributed by atoms with Gasteiger partial charge in [0.25, 0.3) is 0 Å². The highest BCUT2D eigenvalue weighted by atomic mass is 32.2. The summed E-state index contributed by atoms with van der Waals surface area (Å²) in [5.41, 5.74) is 0. The molecule has 8 heavy (non-hydrogen) atoms. The van der Waals surface area contributed by atoms with Gasteiger partial charge in [0.05, 0.1) is 11.5 Å². The van der Waals surface area contributed by atoms with Gasteiger partial charge in [0.1, 0.15) is 0 Å². The van der Waals surface area contributed by atoms with E-state index < -0.39 is 9.84 Å². The Balaban J connectivity index is 2.30. The van der Waals surface area contributed by atoms with Crippen LogP contribution in [-0.4, -0.2) is 32.0 Å². The fourth-order valence-corrected chi connectivity index (χ4v) is 3.05. The minimum Gasteiger partial charge on any atom is -0.306 e. The highest BCUT2D eigenvalue weighted by Gasteiger charge is 2.48. The summed E-state index contributed by atoms with van der Waals surface area (Å²) in [7, 11) is -2.61. The Hall–Kier alpha value is -0.0900. The molecule has 0 aliphatic carbocycles. The predicted octanol–water partition coefficient (Wildman–Crippen LogP) is -1.24. The molecule has 0 aromatic carbocycles. The van der Waals surface area contributed by atoms with Crippen molar-refractivity contribution in [3.8, 4) is 0 Å². The molecule has 0 saturated carbocycles. The third kappa shape index (κ3) is 0.563. The first kappa shape index (κ1) is 4.76. The lowest BCUT2D eigenvalue weighted by molar-refractivity contribution is 0.598. The highest BCUT2D eigenvalue weighted by molar-refractivity contribution is 7.91. The van der Waals surface area contributed by atoms with Gasteiger partial charge >= 0.3 is 0 Å². The highest BCUT2D eigenvalue weighted by Crippen LogP contribution is 2.23. The van der Waals surface area contributed by atoms with Gasteiger partial charge in [-0.1, -0.05) is 0 Å². The molecule has 2 atom stereocenters. The lowest BCUT2D eigenvalue weighted by atomic mass is 10.4. The monoisotopic (exact) mass is 133 g/mol. The Kier molecular flexibility index (Phi) is 0.646. The zero-order valence-corrected chi connectivity index (χ0v) is 5.11. The van der Waals surface area contributed by atoms with Gasteiger partial charge in [-0.25, -0.2) is 8.42 Å². The number of nitrogens with one attached hydrogen (secondary N) is 1. The van der Waals surface area contributed by atoms with E-state index in [1.165, 1.54) is 0 Å². The Labute approximate surface area is 48.0 Å². The molecule has 2 fully saturated rings. The van der Waals surface area contributed by atoms with Crippen LogP contribution in [0.25, 0.3) is 0 Å². The van der Waals surface area contributed by atoms with Crippen LogP contribution in [0.4, 0.5) is 0 Å². The van der Waals surface area contributed by atoms with Crippen LogP contribution in [0, 0.1) is 0 Å². The van der Waals surface area contributed by atoms with Crippen molar-refractivity contribution in [1.82, 2.24) is 5.32 Å². The Morgan fingerprint density at radius 3 is 2.00 bits per heavy atom. The zero-order chi connectivity index (χ0) is 5.78. The van der Waals surface area contributed by atoms with E-state index in [4.69, 9.17) is 0 Å². The van der Waals surface area contributed by atoms with E-state index in [0.717, 1.165) is 0 Å². The number of sulfone groups is 1. The van der Waals surface area contributed by atoms with Gasteiger partial charge in [0, 0.05) is 12.1 Å². The van der Waals surface area contributed by atoms with E-state index in [0.29, 0.717) is 23.6 Å². The molecular formula is C4H7NO2S. The maximum absolute atomic E-state index is 10.6. The molecule has 4 heteroatoms. The van der Waals surface area contributed by atoms with Gasteiger partial charge in [-0.3, -0.25) is 0 Å². The zero-order valence-electron chi connectivity index (χ0n) is 4.29. The van der Waals surface area contributed by atoms with Crippen molar-refractivity contribution in [1.29, 1.82) is 0 Å². The topological polar surface area (TPSA) is 56.1 Å². The first-order valence-electron chi connectivity index (χ1n) is 2.64. The Morgan fingerprint density at radius 2 is 1.75 bits per heavy atom. The van der Waals surface area contributed by atoms with Gasteiger partial charge in [-0.15, -0.1) is 0 Å². The van der Waals surface area contributed by atoms with Gasteiger partial charge in [0.15, 0.2) is 9.84 Å². The van der Waals surface area contributed by atoms with Crippen LogP contribution < -0.4 is 5.32 Å². The average molecular weight is 133 g/mol. The third-order valence-electron chi connectivity index (χ3n) is 1.67. The van der Waals surface area contributed by atoms with E-state index in [2.05, 4.69) is 5.32 Å². The molecule has 0 aromatic heterocycles. The Morgan fingerprint density at radius 1 is 1.25 bits per heavy atom. The van der Waals surface area contributed by atoms with E-state index >= 15 is 0 Å². The second kappa shape index (κ2) is 1.09. The quantitative estimate of drug-likeness (QED) is 0.420. The first-order valence-corrected chi connectivity index (χ1v) is 4.46. The molecule has 0 bridgehead atoms. The minimum atomic E-state index is -2.61. The van der Waals surface area contributed by atoms with Crippen molar-refractivity contribution in [2.75, 3.05) is 11.5 Å². The maximum Gasteiger partial charge on any atom is 0.153 e. The summed E-state index contributed by atoms with van der Waals surface area (Å²) >= 11 is 0. The maximum atomic E-state index is 10.6. The van der Waals surface area contributed by atoms with E-state index in [-0.39, 0.29) is 0 Å². The molecule has 2 unspecified atom stereocenters. The molecule has 2 heterocycles. The molecule has 3 nitrogen and oxygen atoms in total. The molecule has 46 valence electrons. The van der Waals surface area contributed by atoms with Crippen LogP contribution in [0.2, 0.25) is 0 Å². The van der Waals surface area contributed by atoms with Gasteiger partial charge in [0.2, 0.25) is 0 Å². The molecule has 1 N–H and O–H groups in total. The normalized spacial score (nSPS) is 48.5. The molecule has 2 saturated heterocycles. The molecule has 0 radical (unpaired) electrons. The predicted molar refractivity (Wildman–Crippen MR) is 29.4 cm³/mol. The van der Waals surface area contributed by atoms with Crippen LogP contribution in [0.15, 0.2) is 0 Å². The number of rotatable bonds is 0. The summed E-state index contributed by atoms with van der Waals surface area (Å²) in [5, 5.41) is 3.04. The third-order valence-corrected chi connectivity index (χ3v) is 3.41. The van der Waals surface area contributed by atoms with Crippen LogP contribution in [0.1, 0.15) is 0 Å². The first-order chi connectivity index (χ1) is 3.67. The van der Waals surface area contributed by atoms with Crippen LogP contribution in [-0.2, 0) is 9.84 Å². The van der Waals surface area contributed by atoms with Crippen LogP contribution in [0.3, 0.4) is 0 Å². The minimum absolute atomic E-state index is 0.319. The summed E-state index contributed by atoms with van der Waals surface area (Å²) in [6, 6.07) is 0.639. The summed E-state index contributed by atoms with van der Waals surface area (Å²) < 4.78 is 21.3. The fraction of sp³-hybridized carbons (Fsp3) is 1.00. The molecule has 0 spiro atoms. The van der Waals surface area contributed by atoms with Crippen molar-refractivity contribution < 1.29 is 8.42 Å². The standard InChI is InChI=1S/C4H7NO2S/c6-8(7)1-3-4(2-8)5-3/h3-5H,1-2H2. The average Bonchev–Trinajstić information content (AvgIpc) is 2.11. The largest absolute Gasteiger partial charge is 0.306 e. The van der Waals surface area contributed by atoms with Gasteiger partial charge in [-0.2, -0.15) is 0 Å². The summed E-state index contributed by atoms with van der Waals surface area (Å²) in [6.45, 7) is 0. The smallest absolute Gasteiger partial charge is 0.153 e. The number of hydrogen-bond acceptors (Lipinski definition) is 3. The molecule has 2 aliphatic rings. The molecular weight excluding hydrogens is 126 g/mol. The number of fused-ring (bicyclic) bond motifs is 1. The van der Waals surface area contributed by atoms with E-state index in [1.54, 1.807) is 0 Å². The van der Waals surface area contributed by atoms with Crippen molar-refractivity contribution in [3.05, 3.63) is 0 Å².